The van der Waals surface area contributed by atoms with Crippen LogP contribution in [-0.4, -0.2) is 23.3 Å². The molecule has 2 N–H and O–H groups in total. The van der Waals surface area contributed by atoms with Crippen LogP contribution in [0.3, 0.4) is 0 Å². The van der Waals surface area contributed by atoms with E-state index in [9.17, 15) is 10.5 Å². The van der Waals surface area contributed by atoms with Crippen LogP contribution in [0.4, 0.5) is 0 Å². The third-order valence-corrected chi connectivity index (χ3v) is 6.57. The number of aliphatic imine (C=N–C) groups is 1. The number of benzene rings is 1. The molecular formula is C15H11BrN4OS. The number of rotatable bonds is 1. The maximum absolute atomic E-state index is 9.97. The highest BCUT2D eigenvalue weighted by molar-refractivity contribution is 9.10. The summed E-state index contributed by atoms with van der Waals surface area (Å²) in [6, 6.07) is 12.3. The highest BCUT2D eigenvalue weighted by atomic mass is 79.9. The van der Waals surface area contributed by atoms with Crippen LogP contribution in [-0.2, 0) is 4.74 Å². The maximum atomic E-state index is 9.97. The van der Waals surface area contributed by atoms with Crippen LogP contribution in [0, 0.1) is 33.5 Å². The van der Waals surface area contributed by atoms with Gasteiger partial charge < -0.3 is 10.5 Å². The van der Waals surface area contributed by atoms with Crippen molar-refractivity contribution < 1.29 is 4.74 Å². The molecule has 3 aliphatic rings. The van der Waals surface area contributed by atoms with Gasteiger partial charge in [-0.2, -0.15) is 10.5 Å². The Morgan fingerprint density at radius 2 is 2.23 bits per heavy atom. The zero-order valence-corrected chi connectivity index (χ0v) is 13.8. The lowest BCUT2D eigenvalue weighted by Gasteiger charge is -2.26. The van der Waals surface area contributed by atoms with Crippen LogP contribution in [0.15, 0.2) is 33.7 Å². The van der Waals surface area contributed by atoms with Gasteiger partial charge in [0.25, 0.3) is 0 Å². The average molecular weight is 375 g/mol. The van der Waals surface area contributed by atoms with E-state index in [0.717, 1.165) is 15.8 Å². The normalized spacial score (nSPS) is 41.6. The summed E-state index contributed by atoms with van der Waals surface area (Å²) in [6.45, 7) is 0.511. The number of thioether (sulfide) groups is 1. The number of amidine groups is 1. The van der Waals surface area contributed by atoms with Crippen molar-refractivity contribution >= 4 is 33.5 Å². The first-order valence-corrected chi connectivity index (χ1v) is 8.57. The van der Waals surface area contributed by atoms with Gasteiger partial charge in [0.05, 0.1) is 18.7 Å². The second-order valence-electron chi connectivity index (χ2n) is 5.60. The first-order valence-electron chi connectivity index (χ1n) is 6.80. The summed E-state index contributed by atoms with van der Waals surface area (Å²) in [5.41, 5.74) is 4.87. The molecule has 1 aromatic carbocycles. The number of nitrogens with two attached hydrogens (primary N) is 1. The van der Waals surface area contributed by atoms with E-state index in [1.165, 1.54) is 11.8 Å². The minimum Gasteiger partial charge on any atom is -0.386 e. The molecular weight excluding hydrogens is 364 g/mol. The van der Waals surface area contributed by atoms with Crippen molar-refractivity contribution in [2.75, 3.05) is 12.4 Å². The standard InChI is InChI=1S/C15H11BrN4OS/c16-10-3-1-2-9(6-10)11-13(7-17)12(19)20-15(14(11,13)8-18)21-4-5-22-15/h1-3,6,11H,4-5H2,(H2,19,20)/t11-,13-,14-,15-/m1/s1. The smallest absolute Gasteiger partial charge is 0.230 e. The quantitative estimate of drug-likeness (QED) is 0.813. The summed E-state index contributed by atoms with van der Waals surface area (Å²) in [7, 11) is 0. The van der Waals surface area contributed by atoms with Crippen LogP contribution < -0.4 is 5.73 Å². The predicted molar refractivity (Wildman–Crippen MR) is 85.7 cm³/mol. The number of ether oxygens (including phenoxy) is 1. The van der Waals surface area contributed by atoms with E-state index in [-0.39, 0.29) is 11.8 Å². The fourth-order valence-electron chi connectivity index (χ4n) is 3.90. The van der Waals surface area contributed by atoms with Gasteiger partial charge in [-0.3, -0.25) is 0 Å². The van der Waals surface area contributed by atoms with Crippen molar-refractivity contribution in [3.05, 3.63) is 34.3 Å². The molecule has 7 heteroatoms. The summed E-state index contributed by atoms with van der Waals surface area (Å²) in [6.07, 6.45) is 0. The molecule has 0 bridgehead atoms. The second-order valence-corrected chi connectivity index (χ2v) is 7.77. The largest absolute Gasteiger partial charge is 0.386 e. The van der Waals surface area contributed by atoms with Crippen molar-refractivity contribution in [2.45, 2.75) is 11.0 Å². The Bertz CT molecular complexity index is 791. The molecule has 4 atom stereocenters. The molecule has 1 aromatic rings. The molecule has 22 heavy (non-hydrogen) atoms. The first kappa shape index (κ1) is 14.1. The van der Waals surface area contributed by atoms with Crippen LogP contribution in [0.1, 0.15) is 11.5 Å². The zero-order chi connectivity index (χ0) is 15.6. The van der Waals surface area contributed by atoms with Crippen molar-refractivity contribution in [2.24, 2.45) is 21.6 Å². The van der Waals surface area contributed by atoms with Crippen LogP contribution >= 0.6 is 27.7 Å². The van der Waals surface area contributed by atoms with Gasteiger partial charge in [0.1, 0.15) is 11.3 Å². The van der Waals surface area contributed by atoms with Gasteiger partial charge in [0.2, 0.25) is 5.06 Å². The monoisotopic (exact) mass is 374 g/mol. The van der Waals surface area contributed by atoms with Gasteiger partial charge in [-0.05, 0) is 17.7 Å². The van der Waals surface area contributed by atoms with Gasteiger partial charge in [-0.15, -0.1) is 0 Å². The van der Waals surface area contributed by atoms with Crippen LogP contribution in [0.2, 0.25) is 0 Å². The Labute approximate surface area is 140 Å². The molecule has 2 fully saturated rings. The summed E-state index contributed by atoms with van der Waals surface area (Å²) in [5.74, 6) is 0.638. The number of fused-ring (bicyclic) bond motifs is 2. The molecule has 1 spiro atoms. The van der Waals surface area contributed by atoms with Crippen molar-refractivity contribution in [1.82, 2.24) is 0 Å². The van der Waals surface area contributed by atoms with Crippen LogP contribution in [0.5, 0.6) is 0 Å². The molecule has 1 saturated heterocycles. The maximum Gasteiger partial charge on any atom is 0.230 e. The number of hydrogen-bond donors (Lipinski definition) is 1. The predicted octanol–water partition coefficient (Wildman–Crippen LogP) is 2.35. The van der Waals surface area contributed by atoms with Gasteiger partial charge in [-0.1, -0.05) is 39.8 Å². The first-order chi connectivity index (χ1) is 10.6. The minimum atomic E-state index is -1.10. The van der Waals surface area contributed by atoms with Crippen molar-refractivity contribution in [1.29, 1.82) is 10.5 Å². The second kappa shape index (κ2) is 4.26. The molecule has 1 saturated carbocycles. The van der Waals surface area contributed by atoms with E-state index < -0.39 is 15.9 Å². The molecule has 1 aliphatic carbocycles. The Morgan fingerprint density at radius 1 is 1.41 bits per heavy atom. The summed E-state index contributed by atoms with van der Waals surface area (Å²) < 4.78 is 6.74. The van der Waals surface area contributed by atoms with E-state index in [1.807, 2.05) is 24.3 Å². The van der Waals surface area contributed by atoms with Gasteiger partial charge in [0, 0.05) is 16.1 Å². The number of halogens is 1. The molecule has 110 valence electrons. The summed E-state index contributed by atoms with van der Waals surface area (Å²) in [5, 5.41) is 18.8. The Balaban J connectivity index is 1.94. The SMILES string of the molecule is N#C[C@@]12[C@H](c3cccc(Br)c3)[C@]1(C#N)C(N)=N[C@@]21OCCS1. The molecule has 0 radical (unpaired) electrons. The van der Waals surface area contributed by atoms with E-state index in [0.29, 0.717) is 6.61 Å². The van der Waals surface area contributed by atoms with Crippen molar-refractivity contribution in [3.63, 3.8) is 0 Å². The zero-order valence-electron chi connectivity index (χ0n) is 11.4. The Morgan fingerprint density at radius 3 is 2.82 bits per heavy atom. The molecule has 0 aromatic heterocycles. The van der Waals surface area contributed by atoms with Crippen molar-refractivity contribution in [3.8, 4) is 12.1 Å². The Kier molecular flexibility index (Phi) is 2.73. The number of nitriles is 2. The highest BCUT2D eigenvalue weighted by Crippen LogP contribution is 2.84. The lowest BCUT2D eigenvalue weighted by Crippen LogP contribution is -2.34. The van der Waals surface area contributed by atoms with Gasteiger partial charge in [0.15, 0.2) is 5.41 Å². The average Bonchev–Trinajstić information content (AvgIpc) is 2.77. The third-order valence-electron chi connectivity index (χ3n) is 4.79. The Hall–Kier alpha value is -1.54. The molecule has 2 aliphatic heterocycles. The third kappa shape index (κ3) is 1.27. The molecule has 0 amide bonds. The number of hydrogen-bond acceptors (Lipinski definition) is 6. The molecule has 2 heterocycles. The molecule has 5 nitrogen and oxygen atoms in total. The highest BCUT2D eigenvalue weighted by Gasteiger charge is 2.93. The fraction of sp³-hybridized carbons (Fsp3) is 0.400. The lowest BCUT2D eigenvalue weighted by molar-refractivity contribution is 0.0200. The van der Waals surface area contributed by atoms with E-state index in [1.54, 1.807) is 0 Å². The van der Waals surface area contributed by atoms with Crippen LogP contribution in [0.25, 0.3) is 0 Å². The fourth-order valence-corrected chi connectivity index (χ4v) is 5.65. The summed E-state index contributed by atoms with van der Waals surface area (Å²) in [4.78, 5) is 4.41. The minimum absolute atomic E-state index is 0.218. The van der Waals surface area contributed by atoms with E-state index in [4.69, 9.17) is 10.5 Å². The molecule has 4 rings (SSSR count). The van der Waals surface area contributed by atoms with E-state index in [2.05, 4.69) is 33.1 Å². The van der Waals surface area contributed by atoms with Gasteiger partial charge >= 0.3 is 0 Å². The summed E-state index contributed by atoms with van der Waals surface area (Å²) >= 11 is 4.91. The molecule has 0 unspecified atom stereocenters. The topological polar surface area (TPSA) is 95.2 Å². The number of nitrogens with zero attached hydrogens (tertiary/aromatic N) is 3. The lowest BCUT2D eigenvalue weighted by atomic mass is 9.95. The van der Waals surface area contributed by atoms with Gasteiger partial charge in [-0.25, -0.2) is 4.99 Å². The van der Waals surface area contributed by atoms with E-state index >= 15 is 0 Å².